The van der Waals surface area contributed by atoms with Crippen LogP contribution in [-0.2, 0) is 4.79 Å². The van der Waals surface area contributed by atoms with Gasteiger partial charge in [0.05, 0.1) is 6.10 Å². The minimum atomic E-state index is -0.334. The number of amides is 1. The number of aliphatic hydroxyl groups excluding tert-OH is 1. The number of nitrogens with two attached hydrogens (primary N) is 1. The first-order valence-corrected chi connectivity index (χ1v) is 6.20. The van der Waals surface area contributed by atoms with E-state index in [1.54, 1.807) is 18.9 Å². The van der Waals surface area contributed by atoms with Crippen LogP contribution in [0.2, 0.25) is 0 Å². The summed E-state index contributed by atoms with van der Waals surface area (Å²) in [6, 6.07) is 0. The lowest BCUT2D eigenvalue weighted by atomic mass is 10.1. The maximum atomic E-state index is 11.6. The van der Waals surface area contributed by atoms with Gasteiger partial charge in [-0.2, -0.15) is 0 Å². The van der Waals surface area contributed by atoms with E-state index in [0.29, 0.717) is 19.4 Å². The molecular formula is C12H27ClN2O2. The van der Waals surface area contributed by atoms with Crippen molar-refractivity contribution in [3.05, 3.63) is 0 Å². The Morgan fingerprint density at radius 2 is 1.88 bits per heavy atom. The first-order valence-electron chi connectivity index (χ1n) is 6.20. The van der Waals surface area contributed by atoms with Crippen LogP contribution < -0.4 is 5.73 Å². The number of aliphatic hydroxyl groups is 1. The van der Waals surface area contributed by atoms with E-state index in [1.807, 2.05) is 0 Å². The van der Waals surface area contributed by atoms with Gasteiger partial charge in [-0.25, -0.2) is 0 Å². The first-order chi connectivity index (χ1) is 7.57. The van der Waals surface area contributed by atoms with Crippen LogP contribution in [0.3, 0.4) is 0 Å². The molecule has 0 rings (SSSR count). The summed E-state index contributed by atoms with van der Waals surface area (Å²) < 4.78 is 0. The van der Waals surface area contributed by atoms with E-state index in [2.05, 4.69) is 0 Å². The van der Waals surface area contributed by atoms with Crippen LogP contribution in [0.15, 0.2) is 0 Å². The second kappa shape index (κ2) is 12.1. The molecular weight excluding hydrogens is 240 g/mol. The topological polar surface area (TPSA) is 66.6 Å². The normalized spacial score (nSPS) is 11.8. The number of unbranched alkanes of at least 4 members (excludes halogenated alkanes) is 3. The summed E-state index contributed by atoms with van der Waals surface area (Å²) in [5.41, 5.74) is 5.39. The molecule has 1 unspecified atom stereocenters. The van der Waals surface area contributed by atoms with Crippen LogP contribution in [-0.4, -0.2) is 42.2 Å². The molecule has 0 aliphatic carbocycles. The van der Waals surface area contributed by atoms with Gasteiger partial charge in [-0.05, 0) is 32.7 Å². The highest BCUT2D eigenvalue weighted by Gasteiger charge is 2.08. The molecule has 0 heterocycles. The summed E-state index contributed by atoms with van der Waals surface area (Å²) in [5.74, 6) is 0.174. The number of halogens is 1. The van der Waals surface area contributed by atoms with Crippen LogP contribution in [0.5, 0.6) is 0 Å². The third-order valence-corrected chi connectivity index (χ3v) is 2.65. The quantitative estimate of drug-likeness (QED) is 0.622. The highest BCUT2D eigenvalue weighted by Crippen LogP contribution is 2.05. The van der Waals surface area contributed by atoms with Crippen molar-refractivity contribution in [3.8, 4) is 0 Å². The molecule has 0 aromatic heterocycles. The smallest absolute Gasteiger partial charge is 0.222 e. The highest BCUT2D eigenvalue weighted by molar-refractivity contribution is 5.85. The zero-order chi connectivity index (χ0) is 12.4. The largest absolute Gasteiger partial charge is 0.393 e. The van der Waals surface area contributed by atoms with Gasteiger partial charge in [0, 0.05) is 20.0 Å². The van der Waals surface area contributed by atoms with Gasteiger partial charge in [-0.15, -0.1) is 12.4 Å². The van der Waals surface area contributed by atoms with E-state index in [1.165, 1.54) is 0 Å². The molecule has 0 aromatic carbocycles. The third kappa shape index (κ3) is 11.9. The van der Waals surface area contributed by atoms with Crippen molar-refractivity contribution in [3.63, 3.8) is 0 Å². The number of nitrogens with zero attached hydrogens (tertiary/aromatic N) is 1. The molecule has 0 spiro atoms. The Hall–Kier alpha value is -0.320. The van der Waals surface area contributed by atoms with Crippen molar-refractivity contribution in [2.24, 2.45) is 5.73 Å². The molecule has 0 saturated heterocycles. The van der Waals surface area contributed by atoms with Crippen LogP contribution in [0.1, 0.15) is 45.4 Å². The lowest BCUT2D eigenvalue weighted by Gasteiger charge is -2.17. The zero-order valence-electron chi connectivity index (χ0n) is 11.0. The SMILES string of the molecule is CC(O)CCN(C)C(=O)CCCCCCN.Cl. The predicted octanol–water partition coefficient (Wildman–Crippen LogP) is 1.55. The second-order valence-electron chi connectivity index (χ2n) is 4.41. The Kier molecular flexibility index (Phi) is 13.6. The molecule has 1 amide bonds. The Morgan fingerprint density at radius 1 is 1.29 bits per heavy atom. The number of hydrogen-bond acceptors (Lipinski definition) is 3. The standard InChI is InChI=1S/C12H26N2O2.ClH/c1-11(15)8-10-14(2)12(16)7-5-3-4-6-9-13;/h11,15H,3-10,13H2,1-2H3;1H. The minimum Gasteiger partial charge on any atom is -0.393 e. The Bertz CT molecular complexity index is 189. The average molecular weight is 267 g/mol. The van der Waals surface area contributed by atoms with Crippen LogP contribution in [0, 0.1) is 0 Å². The number of carbonyl (C=O) groups excluding carboxylic acids is 1. The van der Waals surface area contributed by atoms with Gasteiger partial charge in [0.2, 0.25) is 5.91 Å². The number of hydrogen-bond donors (Lipinski definition) is 2. The Morgan fingerprint density at radius 3 is 2.41 bits per heavy atom. The van der Waals surface area contributed by atoms with Crippen molar-refractivity contribution >= 4 is 18.3 Å². The van der Waals surface area contributed by atoms with Crippen molar-refractivity contribution in [2.45, 2.75) is 51.6 Å². The summed E-state index contributed by atoms with van der Waals surface area (Å²) in [6.45, 7) is 3.12. The monoisotopic (exact) mass is 266 g/mol. The first kappa shape index (κ1) is 19.0. The lowest BCUT2D eigenvalue weighted by Crippen LogP contribution is -2.29. The molecule has 0 aliphatic heterocycles. The Labute approximate surface area is 111 Å². The van der Waals surface area contributed by atoms with Crippen LogP contribution >= 0.6 is 12.4 Å². The van der Waals surface area contributed by atoms with Crippen molar-refractivity contribution in [1.82, 2.24) is 4.90 Å². The van der Waals surface area contributed by atoms with Gasteiger partial charge in [-0.3, -0.25) is 4.79 Å². The highest BCUT2D eigenvalue weighted by atomic mass is 35.5. The fourth-order valence-electron chi connectivity index (χ4n) is 1.47. The van der Waals surface area contributed by atoms with Gasteiger partial charge < -0.3 is 15.7 Å². The minimum absolute atomic E-state index is 0. The molecule has 3 N–H and O–H groups in total. The van der Waals surface area contributed by atoms with Gasteiger partial charge in [0.25, 0.3) is 0 Å². The maximum absolute atomic E-state index is 11.6. The fourth-order valence-corrected chi connectivity index (χ4v) is 1.47. The van der Waals surface area contributed by atoms with Gasteiger partial charge >= 0.3 is 0 Å². The Balaban J connectivity index is 0. The molecule has 0 saturated carbocycles. The number of carbonyl (C=O) groups is 1. The van der Waals surface area contributed by atoms with Crippen LogP contribution in [0.4, 0.5) is 0 Å². The molecule has 5 heteroatoms. The van der Waals surface area contributed by atoms with Crippen molar-refractivity contribution in [2.75, 3.05) is 20.1 Å². The summed E-state index contributed by atoms with van der Waals surface area (Å²) in [4.78, 5) is 13.3. The molecule has 104 valence electrons. The molecule has 4 nitrogen and oxygen atoms in total. The fraction of sp³-hybridized carbons (Fsp3) is 0.917. The van der Waals surface area contributed by atoms with Crippen molar-refractivity contribution < 1.29 is 9.90 Å². The van der Waals surface area contributed by atoms with E-state index in [0.717, 1.165) is 32.2 Å². The van der Waals surface area contributed by atoms with Crippen molar-refractivity contribution in [1.29, 1.82) is 0 Å². The molecule has 17 heavy (non-hydrogen) atoms. The summed E-state index contributed by atoms with van der Waals surface area (Å²) >= 11 is 0. The summed E-state index contributed by atoms with van der Waals surface area (Å²) in [7, 11) is 1.80. The summed E-state index contributed by atoms with van der Waals surface area (Å²) in [5, 5.41) is 9.11. The van der Waals surface area contributed by atoms with E-state index in [9.17, 15) is 4.79 Å². The molecule has 0 bridgehead atoms. The van der Waals surface area contributed by atoms with E-state index in [4.69, 9.17) is 10.8 Å². The summed E-state index contributed by atoms with van der Waals surface area (Å²) in [6.07, 6.45) is 5.11. The molecule has 0 aliphatic rings. The van der Waals surface area contributed by atoms with Crippen LogP contribution in [0.25, 0.3) is 0 Å². The van der Waals surface area contributed by atoms with Gasteiger partial charge in [0.1, 0.15) is 0 Å². The maximum Gasteiger partial charge on any atom is 0.222 e. The predicted molar refractivity (Wildman–Crippen MR) is 73.3 cm³/mol. The zero-order valence-corrected chi connectivity index (χ0v) is 11.8. The number of rotatable bonds is 9. The molecule has 0 radical (unpaired) electrons. The molecule has 0 fully saturated rings. The van der Waals surface area contributed by atoms with E-state index in [-0.39, 0.29) is 24.4 Å². The second-order valence-corrected chi connectivity index (χ2v) is 4.41. The molecule has 0 aromatic rings. The van der Waals surface area contributed by atoms with E-state index < -0.39 is 0 Å². The van der Waals surface area contributed by atoms with E-state index >= 15 is 0 Å². The average Bonchev–Trinajstić information content (AvgIpc) is 2.25. The third-order valence-electron chi connectivity index (χ3n) is 2.65. The van der Waals surface area contributed by atoms with Gasteiger partial charge in [0.15, 0.2) is 0 Å². The molecule has 1 atom stereocenters. The lowest BCUT2D eigenvalue weighted by molar-refractivity contribution is -0.130. The van der Waals surface area contributed by atoms with Gasteiger partial charge in [-0.1, -0.05) is 12.8 Å².